The lowest BCUT2D eigenvalue weighted by atomic mass is 9.91. The molecule has 0 spiro atoms. The zero-order chi connectivity index (χ0) is 24.8. The third-order valence-corrected chi connectivity index (χ3v) is 7.28. The van der Waals surface area contributed by atoms with Crippen molar-refractivity contribution in [1.82, 2.24) is 0 Å². The number of ether oxygens (including phenoxy) is 3. The van der Waals surface area contributed by atoms with Gasteiger partial charge in [0.15, 0.2) is 0 Å². The number of epoxide rings is 1. The first-order valence-corrected chi connectivity index (χ1v) is 13.1. The van der Waals surface area contributed by atoms with E-state index in [-0.39, 0.29) is 24.4 Å². The van der Waals surface area contributed by atoms with Crippen LogP contribution in [-0.2, 0) is 19.0 Å². The average molecular weight is 485 g/mol. The van der Waals surface area contributed by atoms with E-state index in [1.54, 1.807) is 12.2 Å². The zero-order valence-corrected chi connectivity index (χ0v) is 20.7. The first kappa shape index (κ1) is 26.1. The minimum absolute atomic E-state index is 0.0705. The molecule has 1 aliphatic carbocycles. The van der Waals surface area contributed by atoms with E-state index in [0.717, 1.165) is 37.7 Å². The van der Waals surface area contributed by atoms with Gasteiger partial charge in [-0.3, -0.25) is 0 Å². The van der Waals surface area contributed by atoms with Crippen LogP contribution in [0.2, 0.25) is 0 Å². The zero-order valence-electron chi connectivity index (χ0n) is 20.7. The summed E-state index contributed by atoms with van der Waals surface area (Å²) in [7, 11) is 0. The summed E-state index contributed by atoms with van der Waals surface area (Å²) in [6.07, 6.45) is 18.4. The lowest BCUT2D eigenvalue weighted by molar-refractivity contribution is -0.148. The molecule has 0 amide bonds. The first-order valence-electron chi connectivity index (χ1n) is 13.1. The van der Waals surface area contributed by atoms with Crippen LogP contribution >= 0.6 is 0 Å². The Labute approximate surface area is 209 Å². The molecule has 8 atom stereocenters. The summed E-state index contributed by atoms with van der Waals surface area (Å²) in [5.41, 5.74) is 1.00. The molecule has 4 aliphatic rings. The maximum Gasteiger partial charge on any atom is 0.330 e. The predicted molar refractivity (Wildman–Crippen MR) is 135 cm³/mol. The van der Waals surface area contributed by atoms with E-state index < -0.39 is 24.3 Å². The lowest BCUT2D eigenvalue weighted by Gasteiger charge is -2.28. The van der Waals surface area contributed by atoms with Crippen LogP contribution in [0.25, 0.3) is 0 Å². The van der Waals surface area contributed by atoms with E-state index in [9.17, 15) is 15.0 Å². The summed E-state index contributed by atoms with van der Waals surface area (Å²) in [6.45, 7) is 6.39. The van der Waals surface area contributed by atoms with Gasteiger partial charge < -0.3 is 24.4 Å². The van der Waals surface area contributed by atoms with Crippen LogP contribution in [0.1, 0.15) is 58.3 Å². The summed E-state index contributed by atoms with van der Waals surface area (Å²) in [6, 6.07) is 0. The van der Waals surface area contributed by atoms with Gasteiger partial charge >= 0.3 is 5.97 Å². The van der Waals surface area contributed by atoms with Gasteiger partial charge in [-0.15, -0.1) is 0 Å². The van der Waals surface area contributed by atoms with Crippen molar-refractivity contribution in [3.8, 4) is 0 Å². The molecule has 6 heteroatoms. The second-order valence-electron chi connectivity index (χ2n) is 10.6. The van der Waals surface area contributed by atoms with Crippen LogP contribution in [0.4, 0.5) is 0 Å². The lowest BCUT2D eigenvalue weighted by Crippen LogP contribution is -2.32. The van der Waals surface area contributed by atoms with Gasteiger partial charge in [-0.25, -0.2) is 4.79 Å². The van der Waals surface area contributed by atoms with Crippen LogP contribution in [-0.4, -0.2) is 58.9 Å². The molecule has 3 aliphatic heterocycles. The van der Waals surface area contributed by atoms with E-state index >= 15 is 0 Å². The van der Waals surface area contributed by atoms with Crippen molar-refractivity contribution < 1.29 is 29.2 Å². The number of hydrogen-bond acceptors (Lipinski definition) is 6. The number of esters is 1. The standard InChI is InChI=1S/C29H40O6/c1-19-15-20(2)17-25(31)29-27(35-29)18-26(24(30)14-13-21-7-3-4-8-21)34-28(32)12-6-10-22-9-5-11-23(16-19)33-22/h3-6,9,12-14,19,21-27,29-31H,2,7-8,10-11,15-18H2,1H3/b12-6-,14-13+/t19-,22-,23-,24-,25-,26?,27-,29-/m0/s1. The number of rotatable bonds is 3. The van der Waals surface area contributed by atoms with Crippen molar-refractivity contribution in [2.24, 2.45) is 11.8 Å². The highest BCUT2D eigenvalue weighted by atomic mass is 16.6. The minimum Gasteiger partial charge on any atom is -0.456 e. The Hall–Kier alpha value is -1.99. The number of allylic oxidation sites excluding steroid dienone is 3. The SMILES string of the molecule is C=C1C[C@H](C)C[C@@H]2CC=C[C@@H](C/C=C\C(=O)OC([C@@H](O)/C=C/C3CC=CC3)C[C@@H]3O[C@H]3[C@@H](O)C1)O2. The Morgan fingerprint density at radius 3 is 2.66 bits per heavy atom. The van der Waals surface area contributed by atoms with Crippen molar-refractivity contribution in [3.05, 3.63) is 60.8 Å². The maximum atomic E-state index is 12.6. The summed E-state index contributed by atoms with van der Waals surface area (Å²) < 4.78 is 17.6. The molecule has 2 bridgehead atoms. The fourth-order valence-electron chi connectivity index (χ4n) is 5.38. The highest BCUT2D eigenvalue weighted by Crippen LogP contribution is 2.35. The van der Waals surface area contributed by atoms with Gasteiger partial charge in [0.1, 0.15) is 18.3 Å². The van der Waals surface area contributed by atoms with Crippen LogP contribution in [0, 0.1) is 11.8 Å². The molecule has 1 saturated heterocycles. The normalized spacial score (nSPS) is 39.0. The number of aliphatic hydroxyl groups is 2. The molecule has 6 nitrogen and oxygen atoms in total. The van der Waals surface area contributed by atoms with Gasteiger partial charge in [-0.05, 0) is 56.8 Å². The molecular formula is C29H40O6. The Kier molecular flexibility index (Phi) is 9.17. The fourth-order valence-corrected chi connectivity index (χ4v) is 5.38. The van der Waals surface area contributed by atoms with E-state index in [4.69, 9.17) is 14.2 Å². The van der Waals surface area contributed by atoms with E-state index in [2.05, 4.69) is 31.7 Å². The molecule has 2 N–H and O–H groups in total. The Morgan fingerprint density at radius 2 is 1.86 bits per heavy atom. The smallest absolute Gasteiger partial charge is 0.330 e. The van der Waals surface area contributed by atoms with Gasteiger partial charge in [-0.1, -0.05) is 61.6 Å². The highest BCUT2D eigenvalue weighted by Gasteiger charge is 2.46. The Morgan fingerprint density at radius 1 is 1.06 bits per heavy atom. The van der Waals surface area contributed by atoms with E-state index in [1.807, 2.05) is 12.2 Å². The van der Waals surface area contributed by atoms with Crippen LogP contribution in [0.15, 0.2) is 60.8 Å². The quantitative estimate of drug-likeness (QED) is 0.352. The van der Waals surface area contributed by atoms with Crippen molar-refractivity contribution in [2.45, 2.75) is 101 Å². The maximum absolute atomic E-state index is 12.6. The third kappa shape index (κ3) is 8.01. The Balaban J connectivity index is 1.44. The van der Waals surface area contributed by atoms with Gasteiger partial charge in [0.2, 0.25) is 0 Å². The monoisotopic (exact) mass is 484 g/mol. The molecule has 0 aromatic carbocycles. The summed E-state index contributed by atoms with van der Waals surface area (Å²) in [5.74, 6) is 0.266. The average Bonchev–Trinajstić information content (AvgIpc) is 3.38. The van der Waals surface area contributed by atoms with Gasteiger partial charge in [0, 0.05) is 12.5 Å². The second-order valence-corrected chi connectivity index (χ2v) is 10.6. The van der Waals surface area contributed by atoms with Gasteiger partial charge in [-0.2, -0.15) is 0 Å². The van der Waals surface area contributed by atoms with Gasteiger partial charge in [0.05, 0.1) is 24.4 Å². The van der Waals surface area contributed by atoms with E-state index in [1.165, 1.54) is 6.08 Å². The number of fused-ring (bicyclic) bond motifs is 3. The van der Waals surface area contributed by atoms with Crippen LogP contribution in [0.3, 0.4) is 0 Å². The first-order chi connectivity index (χ1) is 16.9. The number of cyclic esters (lactones) is 1. The summed E-state index contributed by atoms with van der Waals surface area (Å²) in [5, 5.41) is 21.5. The molecule has 4 rings (SSSR count). The molecule has 1 fully saturated rings. The predicted octanol–water partition coefficient (Wildman–Crippen LogP) is 4.34. The van der Waals surface area contributed by atoms with Crippen molar-refractivity contribution in [3.63, 3.8) is 0 Å². The number of hydrogen-bond donors (Lipinski definition) is 2. The van der Waals surface area contributed by atoms with Crippen molar-refractivity contribution in [2.75, 3.05) is 0 Å². The molecule has 192 valence electrons. The molecule has 35 heavy (non-hydrogen) atoms. The Bertz CT molecular complexity index is 849. The van der Waals surface area contributed by atoms with Crippen molar-refractivity contribution in [1.29, 1.82) is 0 Å². The molecule has 0 radical (unpaired) electrons. The third-order valence-electron chi connectivity index (χ3n) is 7.28. The molecule has 3 heterocycles. The molecule has 0 aromatic rings. The number of aliphatic hydroxyl groups excluding tert-OH is 2. The van der Waals surface area contributed by atoms with Crippen molar-refractivity contribution >= 4 is 5.97 Å². The second kappa shape index (κ2) is 12.3. The van der Waals surface area contributed by atoms with E-state index in [0.29, 0.717) is 31.1 Å². The molecule has 0 aromatic heterocycles. The van der Waals surface area contributed by atoms with Crippen LogP contribution in [0.5, 0.6) is 0 Å². The molecular weight excluding hydrogens is 444 g/mol. The molecule has 0 saturated carbocycles. The fraction of sp³-hybridized carbons (Fsp3) is 0.621. The topological polar surface area (TPSA) is 88.5 Å². The van der Waals surface area contributed by atoms with Crippen LogP contribution < -0.4 is 0 Å². The summed E-state index contributed by atoms with van der Waals surface area (Å²) in [4.78, 5) is 12.6. The molecule has 1 unspecified atom stereocenters. The largest absolute Gasteiger partial charge is 0.456 e. The minimum atomic E-state index is -0.943. The number of carbonyl (C=O) groups is 1. The van der Waals surface area contributed by atoms with Gasteiger partial charge in [0.25, 0.3) is 0 Å². The highest BCUT2D eigenvalue weighted by molar-refractivity contribution is 5.82. The number of carbonyl (C=O) groups excluding carboxylic acids is 1. The summed E-state index contributed by atoms with van der Waals surface area (Å²) >= 11 is 0.